The average Bonchev–Trinajstić information content (AvgIpc) is 3.27. The molecule has 206 valence electrons. The summed E-state index contributed by atoms with van der Waals surface area (Å²) in [4.78, 5) is 4.82. The Balaban J connectivity index is 1.32. The van der Waals surface area contributed by atoms with Crippen molar-refractivity contribution in [3.63, 3.8) is 0 Å². The van der Waals surface area contributed by atoms with Crippen LogP contribution in [0.25, 0.3) is 22.2 Å². The molecule has 8 nitrogen and oxygen atoms in total. The second kappa shape index (κ2) is 12.1. The first-order valence-electron chi connectivity index (χ1n) is 14.7. The maximum absolute atomic E-state index is 10.3. The number of hydrogen-bond acceptors (Lipinski definition) is 5. The maximum Gasteiger partial charge on any atom is 0.313 e. The van der Waals surface area contributed by atoms with Gasteiger partial charge in [-0.1, -0.05) is 19.3 Å². The first-order valence-corrected chi connectivity index (χ1v) is 14.7. The van der Waals surface area contributed by atoms with Gasteiger partial charge in [0.25, 0.3) is 0 Å². The predicted molar refractivity (Wildman–Crippen MR) is 154 cm³/mol. The number of nitriles is 2. The van der Waals surface area contributed by atoms with E-state index in [4.69, 9.17) is 14.5 Å². The lowest BCUT2D eigenvalue weighted by molar-refractivity contribution is -0.448. The second-order valence-electron chi connectivity index (χ2n) is 11.2. The molecule has 1 aromatic heterocycles. The molecule has 2 aromatic carbocycles. The molecular formula is C32H37N6O2+. The van der Waals surface area contributed by atoms with Gasteiger partial charge in [0.15, 0.2) is 6.19 Å². The van der Waals surface area contributed by atoms with Crippen molar-refractivity contribution in [3.05, 3.63) is 48.0 Å². The molecule has 6 rings (SSSR count). The van der Waals surface area contributed by atoms with Crippen molar-refractivity contribution < 1.29 is 14.8 Å². The number of fused-ring (bicyclic) bond motifs is 1. The zero-order valence-corrected chi connectivity index (χ0v) is 22.9. The molecule has 0 radical (unpaired) electrons. The van der Waals surface area contributed by atoms with Crippen molar-refractivity contribution >= 4 is 22.5 Å². The fourth-order valence-corrected chi connectivity index (χ4v) is 6.24. The Morgan fingerprint density at radius 2 is 1.73 bits per heavy atom. The van der Waals surface area contributed by atoms with Crippen LogP contribution in [0, 0.1) is 22.8 Å². The molecule has 0 unspecified atom stereocenters. The molecule has 0 atom stereocenters. The quantitative estimate of drug-likeness (QED) is 0.143. The number of rotatable bonds is 6. The summed E-state index contributed by atoms with van der Waals surface area (Å²) < 4.78 is 14.2. The summed E-state index contributed by atoms with van der Waals surface area (Å²) in [6, 6.07) is 17.6. The smallest absolute Gasteiger partial charge is 0.313 e. The number of nitrogens with two attached hydrogens (primary N) is 1. The summed E-state index contributed by atoms with van der Waals surface area (Å²) in [5.41, 5.74) is 4.74. The highest BCUT2D eigenvalue weighted by Gasteiger charge is 2.28. The molecule has 1 aliphatic heterocycles. The van der Waals surface area contributed by atoms with Crippen molar-refractivity contribution in [3.8, 4) is 29.3 Å². The average molecular weight is 538 g/mol. The van der Waals surface area contributed by atoms with Crippen LogP contribution in [0.1, 0.15) is 75.8 Å². The van der Waals surface area contributed by atoms with Crippen LogP contribution in [0.2, 0.25) is 0 Å². The lowest BCUT2D eigenvalue weighted by Crippen LogP contribution is -2.85. The molecule has 0 bridgehead atoms. The van der Waals surface area contributed by atoms with Gasteiger partial charge in [-0.15, -0.1) is 0 Å². The number of nitrogens with zero attached hydrogens (tertiary/aromatic N) is 4. The molecule has 0 spiro atoms. The number of aromatic nitrogens is 1. The van der Waals surface area contributed by atoms with Crippen LogP contribution in [0.5, 0.6) is 5.75 Å². The SMILES string of the molecule is N#CNC(=NC1CCCCC1)[NH2+]c1ccc(-c2c(C#N)c3ccc(OC4CCOCC4)cc3n2C2CCC2)cc1. The number of guanidine groups is 1. The summed E-state index contributed by atoms with van der Waals surface area (Å²) in [7, 11) is 0. The fourth-order valence-electron chi connectivity index (χ4n) is 6.24. The molecule has 40 heavy (non-hydrogen) atoms. The lowest BCUT2D eigenvalue weighted by Gasteiger charge is -2.30. The molecular weight excluding hydrogens is 500 g/mol. The highest BCUT2D eigenvalue weighted by molar-refractivity contribution is 5.95. The molecule has 2 aliphatic carbocycles. The monoisotopic (exact) mass is 537 g/mol. The highest BCUT2D eigenvalue weighted by Crippen LogP contribution is 2.43. The van der Waals surface area contributed by atoms with E-state index in [2.05, 4.69) is 34.2 Å². The van der Waals surface area contributed by atoms with E-state index in [0.717, 1.165) is 85.3 Å². The lowest BCUT2D eigenvalue weighted by atomic mass is 9.92. The minimum atomic E-state index is 0.166. The van der Waals surface area contributed by atoms with Gasteiger partial charge in [-0.2, -0.15) is 10.5 Å². The third-order valence-electron chi connectivity index (χ3n) is 8.57. The van der Waals surface area contributed by atoms with Gasteiger partial charge in [0.05, 0.1) is 36.0 Å². The molecule has 3 aromatic rings. The molecule has 2 saturated carbocycles. The largest absolute Gasteiger partial charge is 0.490 e. The Morgan fingerprint density at radius 3 is 2.40 bits per heavy atom. The number of quaternary nitrogens is 1. The Bertz CT molecular complexity index is 1450. The van der Waals surface area contributed by atoms with Crippen LogP contribution in [0.15, 0.2) is 47.5 Å². The summed E-state index contributed by atoms with van der Waals surface area (Å²) >= 11 is 0. The second-order valence-corrected chi connectivity index (χ2v) is 11.2. The highest BCUT2D eigenvalue weighted by atomic mass is 16.5. The third kappa shape index (κ3) is 5.56. The summed E-state index contributed by atoms with van der Waals surface area (Å²) in [5.74, 6) is 1.47. The van der Waals surface area contributed by atoms with Crippen molar-refractivity contribution in [1.82, 2.24) is 9.88 Å². The van der Waals surface area contributed by atoms with Gasteiger partial charge < -0.3 is 14.0 Å². The van der Waals surface area contributed by atoms with E-state index in [-0.39, 0.29) is 12.1 Å². The summed E-state index contributed by atoms with van der Waals surface area (Å²) in [6.45, 7) is 1.48. The van der Waals surface area contributed by atoms with Crippen LogP contribution >= 0.6 is 0 Å². The maximum atomic E-state index is 10.3. The minimum Gasteiger partial charge on any atom is -0.490 e. The Kier molecular flexibility index (Phi) is 7.99. The van der Waals surface area contributed by atoms with Crippen LogP contribution in [0.4, 0.5) is 5.69 Å². The van der Waals surface area contributed by atoms with E-state index in [1.807, 2.05) is 35.8 Å². The number of hydrogen-bond donors (Lipinski definition) is 2. The summed E-state index contributed by atoms with van der Waals surface area (Å²) in [5, 5.41) is 25.3. The zero-order valence-electron chi connectivity index (χ0n) is 22.9. The zero-order chi connectivity index (χ0) is 27.3. The fraction of sp³-hybridized carbons (Fsp3) is 0.469. The van der Waals surface area contributed by atoms with Crippen molar-refractivity contribution in [2.75, 3.05) is 13.2 Å². The van der Waals surface area contributed by atoms with Gasteiger partial charge in [-0.3, -0.25) is 0 Å². The molecule has 3 fully saturated rings. The number of benzene rings is 2. The molecule has 2 heterocycles. The predicted octanol–water partition coefficient (Wildman–Crippen LogP) is 5.42. The van der Waals surface area contributed by atoms with Gasteiger partial charge >= 0.3 is 5.96 Å². The topological polar surface area (TPSA) is 112 Å². The number of ether oxygens (including phenoxy) is 2. The normalized spacial score (nSPS) is 19.1. The molecule has 8 heteroatoms. The van der Waals surface area contributed by atoms with Gasteiger partial charge in [-0.25, -0.2) is 15.6 Å². The van der Waals surface area contributed by atoms with Gasteiger partial charge in [0, 0.05) is 42.5 Å². The van der Waals surface area contributed by atoms with Gasteiger partial charge in [0.2, 0.25) is 0 Å². The standard InChI is InChI=1S/C32H36N6O2/c33-20-29-28-14-13-27(40-26-15-17-39-18-16-26)19-30(28)38(25-7-4-8-25)31(29)22-9-11-24(12-10-22)37-32(35-21-34)36-23-5-2-1-3-6-23/h9-14,19,23,25-26H,1-8,15-18H2,(H2,35,36,37)/p+1. The van der Waals surface area contributed by atoms with Crippen LogP contribution < -0.4 is 15.4 Å². The molecule has 0 amide bonds. The van der Waals surface area contributed by atoms with E-state index in [0.29, 0.717) is 17.6 Å². The van der Waals surface area contributed by atoms with Gasteiger partial charge in [0.1, 0.15) is 23.6 Å². The van der Waals surface area contributed by atoms with Crippen LogP contribution in [-0.2, 0) is 4.74 Å². The van der Waals surface area contributed by atoms with E-state index in [1.54, 1.807) is 0 Å². The third-order valence-corrected chi connectivity index (χ3v) is 8.57. The summed E-state index contributed by atoms with van der Waals surface area (Å²) in [6.07, 6.45) is 13.2. The first kappa shape index (κ1) is 26.4. The van der Waals surface area contributed by atoms with E-state index in [9.17, 15) is 10.5 Å². The van der Waals surface area contributed by atoms with Crippen LogP contribution in [-0.4, -0.2) is 35.9 Å². The molecule has 1 saturated heterocycles. The minimum absolute atomic E-state index is 0.166. The van der Waals surface area contributed by atoms with Crippen molar-refractivity contribution in [2.24, 2.45) is 4.99 Å². The van der Waals surface area contributed by atoms with E-state index in [1.165, 1.54) is 25.7 Å². The molecule has 3 N–H and O–H groups in total. The van der Waals surface area contributed by atoms with E-state index >= 15 is 0 Å². The van der Waals surface area contributed by atoms with Crippen molar-refractivity contribution in [1.29, 1.82) is 10.5 Å². The van der Waals surface area contributed by atoms with E-state index < -0.39 is 0 Å². The first-order chi connectivity index (χ1) is 19.7. The molecule has 3 aliphatic rings. The Hall–Kier alpha value is -3.85. The Labute approximate surface area is 235 Å². The van der Waals surface area contributed by atoms with Gasteiger partial charge in [-0.05, 0) is 61.9 Å². The number of nitrogens with one attached hydrogen (secondary N) is 1. The van der Waals surface area contributed by atoms with Crippen molar-refractivity contribution in [2.45, 2.75) is 82.4 Å². The number of aliphatic imine (C=N–C) groups is 1. The van der Waals surface area contributed by atoms with Crippen LogP contribution in [0.3, 0.4) is 0 Å². The Morgan fingerprint density at radius 1 is 0.950 bits per heavy atom.